The molecular weight excluding hydrogens is 607 g/mol. The Morgan fingerprint density at radius 1 is 0.909 bits per heavy atom. The summed E-state index contributed by atoms with van der Waals surface area (Å²) in [5.74, 6) is 1.18. The van der Waals surface area contributed by atoms with Gasteiger partial charge in [0.2, 0.25) is 0 Å². The van der Waals surface area contributed by atoms with Crippen LogP contribution in [-0.2, 0) is 18.3 Å². The highest BCUT2D eigenvalue weighted by Gasteiger charge is 2.31. The lowest BCUT2D eigenvalue weighted by molar-refractivity contribution is -0.137. The van der Waals surface area contributed by atoms with E-state index in [1.807, 2.05) is 54.3 Å². The van der Waals surface area contributed by atoms with Crippen LogP contribution in [0, 0.1) is 0 Å². The molecule has 1 aliphatic heterocycles. The molecule has 0 radical (unpaired) electrons. The Balaban J connectivity index is 1.12. The summed E-state index contributed by atoms with van der Waals surface area (Å²) in [6.45, 7) is 4.29. The molecule has 11 heteroatoms. The highest BCUT2D eigenvalue weighted by Crippen LogP contribution is 2.32. The molecule has 230 valence electrons. The Labute approximate surface area is 264 Å². The van der Waals surface area contributed by atoms with Gasteiger partial charge in [0.05, 0.1) is 5.56 Å². The number of hydrogen-bond acceptors (Lipinski definition) is 6. The van der Waals surface area contributed by atoms with E-state index < -0.39 is 11.7 Å². The van der Waals surface area contributed by atoms with Crippen LogP contribution in [0.2, 0.25) is 5.15 Å². The average molecular weight is 640 g/mol. The number of hydrogen-bond donors (Lipinski definition) is 1. The first-order valence-corrected chi connectivity index (χ1v) is 15.8. The van der Waals surface area contributed by atoms with Crippen molar-refractivity contribution in [2.75, 3.05) is 36.0 Å². The minimum atomic E-state index is -4.37. The lowest BCUT2D eigenvalue weighted by Gasteiger charge is -2.37. The van der Waals surface area contributed by atoms with Crippen LogP contribution in [0.1, 0.15) is 40.4 Å². The molecule has 3 aromatic carbocycles. The van der Waals surface area contributed by atoms with E-state index in [9.17, 15) is 18.0 Å². The van der Waals surface area contributed by atoms with E-state index in [2.05, 4.69) is 27.3 Å². The Bertz CT molecular complexity index is 1550. The lowest BCUT2D eigenvalue weighted by atomic mass is 10.1. The molecule has 0 bridgehead atoms. The Morgan fingerprint density at radius 2 is 1.61 bits per heavy atom. The van der Waals surface area contributed by atoms with Gasteiger partial charge < -0.3 is 15.1 Å². The number of rotatable bonds is 10. The van der Waals surface area contributed by atoms with E-state index in [1.54, 1.807) is 12.1 Å². The summed E-state index contributed by atoms with van der Waals surface area (Å²) in [4.78, 5) is 25.8. The SMILES string of the molecule is CC(CCc1ccccc1)NC(=O)c1ccc(CSc2nc(Cl)cc(N3CCN(c4cccc(C(F)(F)F)c4)CC3)n2)cc1. The van der Waals surface area contributed by atoms with Gasteiger partial charge in [-0.05, 0) is 61.2 Å². The van der Waals surface area contributed by atoms with Gasteiger partial charge in [-0.25, -0.2) is 9.97 Å². The summed E-state index contributed by atoms with van der Waals surface area (Å²) < 4.78 is 39.5. The van der Waals surface area contributed by atoms with Gasteiger partial charge in [0, 0.05) is 55.3 Å². The summed E-state index contributed by atoms with van der Waals surface area (Å²) in [5.41, 5.74) is 2.78. The number of aromatic nitrogens is 2. The molecule has 1 saturated heterocycles. The van der Waals surface area contributed by atoms with Gasteiger partial charge in [-0.3, -0.25) is 4.79 Å². The summed E-state index contributed by atoms with van der Waals surface area (Å²) >= 11 is 7.78. The van der Waals surface area contributed by atoms with Crippen LogP contribution in [0.4, 0.5) is 24.7 Å². The van der Waals surface area contributed by atoms with E-state index in [4.69, 9.17) is 16.6 Å². The van der Waals surface area contributed by atoms with E-state index in [0.717, 1.165) is 24.5 Å². The molecule has 1 aliphatic rings. The van der Waals surface area contributed by atoms with Crippen LogP contribution >= 0.6 is 23.4 Å². The number of halogens is 4. The average Bonchev–Trinajstić information content (AvgIpc) is 3.03. The fourth-order valence-corrected chi connectivity index (χ4v) is 6.03. The van der Waals surface area contributed by atoms with Crippen molar-refractivity contribution in [1.29, 1.82) is 0 Å². The fourth-order valence-electron chi connectivity index (χ4n) is 4.99. The van der Waals surface area contributed by atoms with Gasteiger partial charge in [-0.2, -0.15) is 13.2 Å². The first-order valence-electron chi connectivity index (χ1n) is 14.4. The van der Waals surface area contributed by atoms with E-state index in [0.29, 0.717) is 59.3 Å². The number of carbonyl (C=O) groups is 1. The minimum Gasteiger partial charge on any atom is -0.368 e. The van der Waals surface area contributed by atoms with Gasteiger partial charge >= 0.3 is 6.18 Å². The highest BCUT2D eigenvalue weighted by molar-refractivity contribution is 7.98. The first-order chi connectivity index (χ1) is 21.1. The van der Waals surface area contributed by atoms with Gasteiger partial charge in [0.1, 0.15) is 11.0 Å². The second-order valence-corrected chi connectivity index (χ2v) is 12.1. The normalized spacial score (nSPS) is 14.4. The van der Waals surface area contributed by atoms with Crippen molar-refractivity contribution < 1.29 is 18.0 Å². The minimum absolute atomic E-state index is 0.0515. The molecule has 44 heavy (non-hydrogen) atoms. The molecule has 0 spiro atoms. The number of anilines is 2. The lowest BCUT2D eigenvalue weighted by Crippen LogP contribution is -2.47. The van der Waals surface area contributed by atoms with E-state index in [-0.39, 0.29) is 11.9 Å². The molecule has 1 aromatic heterocycles. The zero-order chi connectivity index (χ0) is 31.1. The van der Waals surface area contributed by atoms with Crippen LogP contribution in [0.3, 0.4) is 0 Å². The predicted molar refractivity (Wildman–Crippen MR) is 171 cm³/mol. The quantitative estimate of drug-likeness (QED) is 0.110. The van der Waals surface area contributed by atoms with Crippen molar-refractivity contribution >= 4 is 40.8 Å². The summed E-state index contributed by atoms with van der Waals surface area (Å²) in [5, 5.41) is 3.93. The molecular formula is C33H33ClF3N5OS. The Kier molecular flexibility index (Phi) is 10.3. The van der Waals surface area contributed by atoms with Gasteiger partial charge in [-0.15, -0.1) is 0 Å². The van der Waals surface area contributed by atoms with Gasteiger partial charge in [0.25, 0.3) is 5.91 Å². The largest absolute Gasteiger partial charge is 0.416 e. The second kappa shape index (κ2) is 14.3. The third-order valence-electron chi connectivity index (χ3n) is 7.47. The molecule has 0 saturated carbocycles. The number of benzene rings is 3. The third-order valence-corrected chi connectivity index (χ3v) is 8.59. The van der Waals surface area contributed by atoms with Crippen molar-refractivity contribution in [3.8, 4) is 0 Å². The molecule has 5 rings (SSSR count). The van der Waals surface area contributed by atoms with Crippen LogP contribution in [0.15, 0.2) is 90.1 Å². The van der Waals surface area contributed by atoms with Crippen molar-refractivity contribution in [1.82, 2.24) is 15.3 Å². The number of aryl methyl sites for hydroxylation is 1. The van der Waals surface area contributed by atoms with Crippen molar-refractivity contribution in [2.45, 2.75) is 42.9 Å². The van der Waals surface area contributed by atoms with Crippen LogP contribution in [0.25, 0.3) is 0 Å². The Hall–Kier alpha value is -3.76. The van der Waals surface area contributed by atoms with Crippen LogP contribution in [0.5, 0.6) is 0 Å². The fraction of sp³-hybridized carbons (Fsp3) is 0.303. The standard InChI is InChI=1S/C33H33ClF3N5OS/c1-23(10-11-24-6-3-2-4-7-24)38-31(43)26-14-12-25(13-15-26)22-44-32-39-29(34)21-30(40-32)42-18-16-41(17-19-42)28-9-5-8-27(20-28)33(35,36)37/h2-9,12-15,20-21,23H,10-11,16-19,22H2,1H3,(H,38,43). The number of amides is 1. The maximum absolute atomic E-state index is 13.2. The molecule has 1 N–H and O–H groups in total. The topological polar surface area (TPSA) is 61.4 Å². The number of piperazine rings is 1. The van der Waals surface area contributed by atoms with Crippen LogP contribution < -0.4 is 15.1 Å². The summed E-state index contributed by atoms with van der Waals surface area (Å²) in [6.07, 6.45) is -2.61. The highest BCUT2D eigenvalue weighted by atomic mass is 35.5. The second-order valence-electron chi connectivity index (χ2n) is 10.7. The van der Waals surface area contributed by atoms with E-state index >= 15 is 0 Å². The molecule has 4 aromatic rings. The number of carbonyl (C=O) groups excluding carboxylic acids is 1. The molecule has 1 fully saturated rings. The molecule has 1 atom stereocenters. The van der Waals surface area contributed by atoms with Crippen molar-refractivity contribution in [3.63, 3.8) is 0 Å². The van der Waals surface area contributed by atoms with Gasteiger partial charge in [0.15, 0.2) is 5.16 Å². The van der Waals surface area contributed by atoms with E-state index in [1.165, 1.54) is 29.5 Å². The number of alkyl halides is 3. The molecule has 1 amide bonds. The summed E-state index contributed by atoms with van der Waals surface area (Å²) in [6, 6.07) is 24.9. The monoisotopic (exact) mass is 639 g/mol. The number of thioether (sulfide) groups is 1. The van der Waals surface area contributed by atoms with Crippen LogP contribution in [-0.4, -0.2) is 48.1 Å². The smallest absolute Gasteiger partial charge is 0.368 e. The molecule has 0 aliphatic carbocycles. The first kappa shape index (κ1) is 31.7. The third kappa shape index (κ3) is 8.66. The van der Waals surface area contributed by atoms with Crippen molar-refractivity contribution in [3.05, 3.63) is 112 Å². The van der Waals surface area contributed by atoms with Gasteiger partial charge in [-0.1, -0.05) is 71.9 Å². The number of nitrogens with one attached hydrogen (secondary N) is 1. The molecule has 1 unspecified atom stereocenters. The Morgan fingerprint density at radius 3 is 2.32 bits per heavy atom. The maximum Gasteiger partial charge on any atom is 0.416 e. The number of nitrogens with zero attached hydrogens (tertiary/aromatic N) is 4. The van der Waals surface area contributed by atoms with Crippen molar-refractivity contribution in [2.24, 2.45) is 0 Å². The molecule has 6 nitrogen and oxygen atoms in total. The predicted octanol–water partition coefficient (Wildman–Crippen LogP) is 7.52. The maximum atomic E-state index is 13.2. The zero-order valence-electron chi connectivity index (χ0n) is 24.2. The summed E-state index contributed by atoms with van der Waals surface area (Å²) in [7, 11) is 0. The molecule has 2 heterocycles. The zero-order valence-corrected chi connectivity index (χ0v) is 25.8.